The number of alkyl halides is 2. The molecule has 1 aliphatic heterocycles. The highest BCUT2D eigenvalue weighted by molar-refractivity contribution is 7.89. The second kappa shape index (κ2) is 11.0. The summed E-state index contributed by atoms with van der Waals surface area (Å²) >= 11 is 0. The summed E-state index contributed by atoms with van der Waals surface area (Å²) in [5.41, 5.74) is 1.63. The van der Waals surface area contributed by atoms with Crippen LogP contribution in [0.4, 0.5) is 14.5 Å². The fourth-order valence-corrected chi connectivity index (χ4v) is 4.71. The average Bonchev–Trinajstić information content (AvgIpc) is 3.33. The smallest absolute Gasteiger partial charge is 0.387 e. The van der Waals surface area contributed by atoms with E-state index in [-0.39, 0.29) is 28.5 Å². The monoisotopic (exact) mass is 497 g/mol. The Balaban J connectivity index is 1.78. The van der Waals surface area contributed by atoms with Crippen LogP contribution in [0.5, 0.6) is 11.5 Å². The summed E-state index contributed by atoms with van der Waals surface area (Å²) < 4.78 is 61.2. The van der Waals surface area contributed by atoms with Crippen LogP contribution >= 0.6 is 0 Å². The zero-order chi connectivity index (χ0) is 24.9. The lowest BCUT2D eigenvalue weighted by molar-refractivity contribution is -0.0512. The van der Waals surface area contributed by atoms with Gasteiger partial charge in [-0.15, -0.1) is 0 Å². The van der Waals surface area contributed by atoms with Crippen LogP contribution in [0.15, 0.2) is 41.3 Å². The molecule has 1 fully saturated rings. The van der Waals surface area contributed by atoms with Crippen LogP contribution in [0.2, 0.25) is 0 Å². The van der Waals surface area contributed by atoms with E-state index in [1.54, 1.807) is 12.1 Å². The van der Waals surface area contributed by atoms with Crippen molar-refractivity contribution in [3.63, 3.8) is 0 Å². The summed E-state index contributed by atoms with van der Waals surface area (Å²) in [7, 11) is 0.517. The maximum Gasteiger partial charge on any atom is 0.387 e. The number of anilines is 1. The molecule has 1 amide bonds. The highest BCUT2D eigenvalue weighted by Crippen LogP contribution is 2.30. The molecule has 0 aliphatic carbocycles. The van der Waals surface area contributed by atoms with E-state index in [0.717, 1.165) is 30.2 Å². The molecule has 11 heteroatoms. The highest BCUT2D eigenvalue weighted by Gasteiger charge is 2.24. The first-order chi connectivity index (χ1) is 16.1. The number of sulfonamides is 1. The normalized spacial score (nSPS) is 14.0. The van der Waals surface area contributed by atoms with Crippen LogP contribution in [-0.2, 0) is 16.4 Å². The van der Waals surface area contributed by atoms with Gasteiger partial charge in [-0.05, 0) is 55.2 Å². The third kappa shape index (κ3) is 5.95. The lowest BCUT2D eigenvalue weighted by Crippen LogP contribution is -2.30. The molecular formula is C23H29F2N3O5S. The summed E-state index contributed by atoms with van der Waals surface area (Å²) in [5, 5.41) is 2.81. The quantitative estimate of drug-likeness (QED) is 0.543. The Morgan fingerprint density at radius 3 is 2.44 bits per heavy atom. The minimum absolute atomic E-state index is 0.0366. The Labute approximate surface area is 198 Å². The van der Waals surface area contributed by atoms with Crippen molar-refractivity contribution in [1.29, 1.82) is 0 Å². The number of nitrogens with zero attached hydrogens (tertiary/aromatic N) is 2. The fraction of sp³-hybridized carbons (Fsp3) is 0.435. The maximum atomic E-state index is 13.1. The summed E-state index contributed by atoms with van der Waals surface area (Å²) in [6, 6.07) is 9.26. The number of methoxy groups -OCH3 is 1. The predicted octanol–water partition coefficient (Wildman–Crippen LogP) is 3.12. The minimum Gasteiger partial charge on any atom is -0.493 e. The molecule has 0 saturated carbocycles. The van der Waals surface area contributed by atoms with Crippen LogP contribution in [0.1, 0.15) is 28.8 Å². The fourth-order valence-electron chi connectivity index (χ4n) is 3.78. The van der Waals surface area contributed by atoms with Crippen molar-refractivity contribution in [3.8, 4) is 11.5 Å². The molecule has 1 saturated heterocycles. The number of hydrogen-bond acceptors (Lipinski definition) is 6. The van der Waals surface area contributed by atoms with Crippen molar-refractivity contribution >= 4 is 21.6 Å². The van der Waals surface area contributed by atoms with Crippen LogP contribution in [0.3, 0.4) is 0 Å². The second-order valence-corrected chi connectivity index (χ2v) is 10.2. The van der Waals surface area contributed by atoms with Crippen LogP contribution < -0.4 is 19.7 Å². The molecule has 0 spiro atoms. The van der Waals surface area contributed by atoms with Gasteiger partial charge in [0.05, 0.1) is 17.6 Å². The Bertz CT molecular complexity index is 1120. The van der Waals surface area contributed by atoms with Gasteiger partial charge < -0.3 is 19.7 Å². The van der Waals surface area contributed by atoms with E-state index in [1.165, 1.54) is 45.5 Å². The summed E-state index contributed by atoms with van der Waals surface area (Å²) in [6.07, 6.45) is 2.35. The standard InChI is InChI=1S/C23H29F2N3O5S/c1-27(2)34(30,31)17-7-8-19(28-12-4-5-13-28)18(15-17)22(29)26-11-10-16-6-9-20(32-3)21(14-16)33-23(24)25/h6-9,14-15,23H,4-5,10-13H2,1-3H3,(H,26,29). The summed E-state index contributed by atoms with van der Waals surface area (Å²) in [4.78, 5) is 15.2. The van der Waals surface area contributed by atoms with E-state index in [2.05, 4.69) is 15.0 Å². The summed E-state index contributed by atoms with van der Waals surface area (Å²) in [5.74, 6) is -0.309. The number of carbonyl (C=O) groups is 1. The van der Waals surface area contributed by atoms with E-state index in [0.29, 0.717) is 17.7 Å². The molecule has 186 valence electrons. The molecule has 1 heterocycles. The van der Waals surface area contributed by atoms with Gasteiger partial charge in [0.2, 0.25) is 10.0 Å². The predicted molar refractivity (Wildman–Crippen MR) is 124 cm³/mol. The largest absolute Gasteiger partial charge is 0.493 e. The lowest BCUT2D eigenvalue weighted by atomic mass is 10.1. The third-order valence-electron chi connectivity index (χ3n) is 5.58. The Morgan fingerprint density at radius 2 is 1.82 bits per heavy atom. The summed E-state index contributed by atoms with van der Waals surface area (Å²) in [6.45, 7) is -1.19. The van der Waals surface area contributed by atoms with E-state index in [4.69, 9.17) is 4.74 Å². The van der Waals surface area contributed by atoms with Crippen LogP contribution in [0.25, 0.3) is 0 Å². The van der Waals surface area contributed by atoms with Gasteiger partial charge >= 0.3 is 6.61 Å². The number of ether oxygens (including phenoxy) is 2. The van der Waals surface area contributed by atoms with Crippen molar-refractivity contribution in [2.24, 2.45) is 0 Å². The van der Waals surface area contributed by atoms with Gasteiger partial charge in [0.25, 0.3) is 5.91 Å². The molecule has 1 N–H and O–H groups in total. The number of halogens is 2. The van der Waals surface area contributed by atoms with E-state index >= 15 is 0 Å². The van der Waals surface area contributed by atoms with Gasteiger partial charge in [0, 0.05) is 39.4 Å². The SMILES string of the molecule is COc1ccc(CCNC(=O)c2cc(S(=O)(=O)N(C)C)ccc2N2CCCC2)cc1OC(F)F. The molecule has 34 heavy (non-hydrogen) atoms. The Kier molecular flexibility index (Phi) is 8.32. The maximum absolute atomic E-state index is 13.1. The molecule has 0 radical (unpaired) electrons. The second-order valence-electron chi connectivity index (χ2n) is 8.03. The van der Waals surface area contributed by atoms with E-state index in [9.17, 15) is 22.0 Å². The highest BCUT2D eigenvalue weighted by atomic mass is 32.2. The molecule has 1 aliphatic rings. The zero-order valence-corrected chi connectivity index (χ0v) is 20.2. The Morgan fingerprint density at radius 1 is 1.12 bits per heavy atom. The van der Waals surface area contributed by atoms with Crippen LogP contribution in [-0.4, -0.2) is 66.1 Å². The zero-order valence-electron chi connectivity index (χ0n) is 19.4. The molecule has 0 unspecified atom stereocenters. The van der Waals surface area contributed by atoms with Gasteiger partial charge in [-0.2, -0.15) is 8.78 Å². The number of hydrogen-bond donors (Lipinski definition) is 1. The minimum atomic E-state index is -3.71. The number of nitrogens with one attached hydrogen (secondary N) is 1. The number of carbonyl (C=O) groups excluding carboxylic acids is 1. The third-order valence-corrected chi connectivity index (χ3v) is 7.39. The van der Waals surface area contributed by atoms with Gasteiger partial charge in [-0.1, -0.05) is 6.07 Å². The molecule has 2 aromatic carbocycles. The van der Waals surface area contributed by atoms with Gasteiger partial charge in [0.1, 0.15) is 0 Å². The molecular weight excluding hydrogens is 468 g/mol. The van der Waals surface area contributed by atoms with E-state index < -0.39 is 22.5 Å². The molecule has 2 aromatic rings. The number of amides is 1. The van der Waals surface area contributed by atoms with Crippen LogP contribution in [0, 0.1) is 0 Å². The average molecular weight is 498 g/mol. The number of rotatable bonds is 10. The molecule has 0 atom stereocenters. The van der Waals surface area contributed by atoms with Gasteiger partial charge in [-0.25, -0.2) is 12.7 Å². The van der Waals surface area contributed by atoms with Crippen molar-refractivity contribution in [3.05, 3.63) is 47.5 Å². The molecule has 3 rings (SSSR count). The number of benzene rings is 2. The first-order valence-electron chi connectivity index (χ1n) is 10.8. The molecule has 0 bridgehead atoms. The van der Waals surface area contributed by atoms with Crippen molar-refractivity contribution in [2.75, 3.05) is 45.7 Å². The van der Waals surface area contributed by atoms with Gasteiger partial charge in [0.15, 0.2) is 11.5 Å². The van der Waals surface area contributed by atoms with Crippen molar-refractivity contribution in [2.45, 2.75) is 30.8 Å². The first-order valence-corrected chi connectivity index (χ1v) is 12.3. The first kappa shape index (κ1) is 25.7. The molecule has 0 aromatic heterocycles. The topological polar surface area (TPSA) is 88.2 Å². The van der Waals surface area contributed by atoms with Crippen molar-refractivity contribution in [1.82, 2.24) is 9.62 Å². The van der Waals surface area contributed by atoms with Gasteiger partial charge in [-0.3, -0.25) is 4.79 Å². The van der Waals surface area contributed by atoms with Crippen molar-refractivity contribution < 1.29 is 31.5 Å². The Hall–Kier alpha value is -2.92. The molecule has 8 nitrogen and oxygen atoms in total. The van der Waals surface area contributed by atoms with E-state index in [1.807, 2.05) is 0 Å². The lowest BCUT2D eigenvalue weighted by Gasteiger charge is -2.22.